The molecule has 6 nitrogen and oxygen atoms in total. The molecule has 0 spiro atoms. The third kappa shape index (κ3) is 2.79. The number of furan rings is 1. The molecular weight excluding hydrogens is 256 g/mol. The highest BCUT2D eigenvalue weighted by Crippen LogP contribution is 2.20. The first-order valence-electron chi connectivity index (χ1n) is 6.67. The number of likely N-dealkylation sites (tertiary alicyclic amines) is 1. The van der Waals surface area contributed by atoms with Crippen molar-refractivity contribution in [2.45, 2.75) is 18.9 Å². The fraction of sp³-hybridized carbons (Fsp3) is 0.357. The third-order valence-corrected chi connectivity index (χ3v) is 3.45. The van der Waals surface area contributed by atoms with Gasteiger partial charge in [-0.3, -0.25) is 4.79 Å². The zero-order valence-electron chi connectivity index (χ0n) is 11.1. The molecule has 1 unspecified atom stereocenters. The molecule has 0 N–H and O–H groups in total. The first kappa shape index (κ1) is 12.7. The highest BCUT2D eigenvalue weighted by Gasteiger charge is 2.23. The van der Waals surface area contributed by atoms with Gasteiger partial charge in [0.15, 0.2) is 0 Å². The van der Waals surface area contributed by atoms with Crippen LogP contribution in [-0.2, 0) is 4.79 Å². The predicted octanol–water partition coefficient (Wildman–Crippen LogP) is 1.75. The van der Waals surface area contributed by atoms with Crippen LogP contribution in [-0.4, -0.2) is 38.7 Å². The van der Waals surface area contributed by atoms with E-state index >= 15 is 0 Å². The molecule has 1 saturated heterocycles. The van der Waals surface area contributed by atoms with E-state index in [0.29, 0.717) is 12.3 Å². The molecule has 2 aromatic heterocycles. The highest BCUT2D eigenvalue weighted by atomic mass is 16.3. The highest BCUT2D eigenvalue weighted by molar-refractivity contribution is 5.91. The molecule has 0 aliphatic carbocycles. The van der Waals surface area contributed by atoms with Crippen LogP contribution in [0.15, 0.2) is 41.5 Å². The summed E-state index contributed by atoms with van der Waals surface area (Å²) in [5.41, 5.74) is 0. The number of amides is 1. The Bertz CT molecular complexity index is 574. The van der Waals surface area contributed by atoms with Gasteiger partial charge in [0, 0.05) is 19.2 Å². The summed E-state index contributed by atoms with van der Waals surface area (Å²) < 4.78 is 7.00. The minimum Gasteiger partial charge on any atom is -0.465 e. The van der Waals surface area contributed by atoms with Gasteiger partial charge in [-0.05, 0) is 31.1 Å². The monoisotopic (exact) mass is 272 g/mol. The number of hydrogen-bond acceptors (Lipinski definition) is 4. The van der Waals surface area contributed by atoms with Crippen LogP contribution in [0.3, 0.4) is 0 Å². The minimum atomic E-state index is 0.00575. The van der Waals surface area contributed by atoms with Crippen molar-refractivity contribution < 1.29 is 9.21 Å². The molecular formula is C14H16N4O2. The summed E-state index contributed by atoms with van der Waals surface area (Å²) in [7, 11) is 0. The Morgan fingerprint density at radius 2 is 2.45 bits per heavy atom. The first-order valence-corrected chi connectivity index (χ1v) is 6.67. The maximum atomic E-state index is 12.2. The van der Waals surface area contributed by atoms with Crippen LogP contribution >= 0.6 is 0 Å². The summed E-state index contributed by atoms with van der Waals surface area (Å²) in [4.78, 5) is 18.0. The van der Waals surface area contributed by atoms with Gasteiger partial charge in [0.05, 0.1) is 12.3 Å². The molecule has 0 aromatic carbocycles. The number of aromatic nitrogens is 3. The van der Waals surface area contributed by atoms with Crippen molar-refractivity contribution in [3.63, 3.8) is 0 Å². The van der Waals surface area contributed by atoms with Crippen LogP contribution in [0.4, 0.5) is 0 Å². The lowest BCUT2D eigenvalue weighted by atomic mass is 10.1. The Hall–Kier alpha value is -2.37. The Morgan fingerprint density at radius 3 is 3.20 bits per heavy atom. The Labute approximate surface area is 116 Å². The topological polar surface area (TPSA) is 64.2 Å². The second kappa shape index (κ2) is 5.73. The lowest BCUT2D eigenvalue weighted by Crippen LogP contribution is -2.40. The SMILES string of the molecule is O=C(C=Cc1ccco1)N1CCCC(n2cncn2)C1. The van der Waals surface area contributed by atoms with Crippen LogP contribution in [0.25, 0.3) is 6.08 Å². The number of carbonyl (C=O) groups excluding carboxylic acids is 1. The maximum Gasteiger partial charge on any atom is 0.246 e. The second-order valence-corrected chi connectivity index (χ2v) is 4.80. The van der Waals surface area contributed by atoms with E-state index in [1.54, 1.807) is 30.8 Å². The van der Waals surface area contributed by atoms with Gasteiger partial charge < -0.3 is 9.32 Å². The number of piperidine rings is 1. The molecule has 6 heteroatoms. The summed E-state index contributed by atoms with van der Waals surface area (Å²) in [6, 6.07) is 3.83. The van der Waals surface area contributed by atoms with E-state index in [1.165, 1.54) is 6.33 Å². The van der Waals surface area contributed by atoms with Gasteiger partial charge in [-0.25, -0.2) is 9.67 Å². The van der Waals surface area contributed by atoms with Gasteiger partial charge in [0.1, 0.15) is 18.4 Å². The standard InChI is InChI=1S/C14H16N4O2/c19-14(6-5-13-4-2-8-20-13)17-7-1-3-12(9-17)18-11-15-10-16-18/h2,4-6,8,10-12H,1,3,7,9H2. The van der Waals surface area contributed by atoms with Gasteiger partial charge in [-0.2, -0.15) is 5.10 Å². The van der Waals surface area contributed by atoms with E-state index in [4.69, 9.17) is 4.42 Å². The quantitative estimate of drug-likeness (QED) is 0.798. The van der Waals surface area contributed by atoms with E-state index in [-0.39, 0.29) is 11.9 Å². The van der Waals surface area contributed by atoms with Gasteiger partial charge >= 0.3 is 0 Å². The minimum absolute atomic E-state index is 0.00575. The van der Waals surface area contributed by atoms with Crippen LogP contribution in [0.2, 0.25) is 0 Å². The van der Waals surface area contributed by atoms with Crippen molar-refractivity contribution >= 4 is 12.0 Å². The van der Waals surface area contributed by atoms with E-state index in [9.17, 15) is 4.79 Å². The average molecular weight is 272 g/mol. The zero-order valence-corrected chi connectivity index (χ0v) is 11.1. The van der Waals surface area contributed by atoms with Crippen LogP contribution in [0, 0.1) is 0 Å². The van der Waals surface area contributed by atoms with Crippen LogP contribution < -0.4 is 0 Å². The van der Waals surface area contributed by atoms with Crippen LogP contribution in [0.1, 0.15) is 24.6 Å². The lowest BCUT2D eigenvalue weighted by molar-refractivity contribution is -0.127. The fourth-order valence-corrected chi connectivity index (χ4v) is 2.42. The fourth-order valence-electron chi connectivity index (χ4n) is 2.42. The summed E-state index contributed by atoms with van der Waals surface area (Å²) in [5, 5.41) is 4.15. The van der Waals surface area contributed by atoms with Crippen molar-refractivity contribution in [2.75, 3.05) is 13.1 Å². The molecule has 1 atom stereocenters. The van der Waals surface area contributed by atoms with Gasteiger partial charge in [-0.1, -0.05) is 0 Å². The summed E-state index contributed by atoms with van der Waals surface area (Å²) >= 11 is 0. The van der Waals surface area contributed by atoms with E-state index in [1.807, 2.05) is 15.6 Å². The Morgan fingerprint density at radius 1 is 1.50 bits per heavy atom. The maximum absolute atomic E-state index is 12.2. The molecule has 1 amide bonds. The molecule has 1 aliphatic rings. The van der Waals surface area contributed by atoms with Crippen molar-refractivity contribution in [3.05, 3.63) is 42.9 Å². The molecule has 3 rings (SSSR count). The normalized spacial score (nSPS) is 19.6. The van der Waals surface area contributed by atoms with Gasteiger partial charge in [0.2, 0.25) is 5.91 Å². The molecule has 1 fully saturated rings. The van der Waals surface area contributed by atoms with Crippen molar-refractivity contribution in [3.8, 4) is 0 Å². The number of nitrogens with zero attached hydrogens (tertiary/aromatic N) is 4. The molecule has 0 radical (unpaired) electrons. The molecule has 20 heavy (non-hydrogen) atoms. The largest absolute Gasteiger partial charge is 0.465 e. The molecule has 2 aromatic rings. The summed E-state index contributed by atoms with van der Waals surface area (Å²) in [6.07, 6.45) is 10.1. The first-order chi connectivity index (χ1) is 9.83. The molecule has 3 heterocycles. The van der Waals surface area contributed by atoms with E-state index < -0.39 is 0 Å². The number of rotatable bonds is 3. The zero-order chi connectivity index (χ0) is 13.8. The smallest absolute Gasteiger partial charge is 0.246 e. The molecule has 104 valence electrons. The third-order valence-electron chi connectivity index (χ3n) is 3.45. The lowest BCUT2D eigenvalue weighted by Gasteiger charge is -2.31. The van der Waals surface area contributed by atoms with Crippen LogP contribution in [0.5, 0.6) is 0 Å². The summed E-state index contributed by atoms with van der Waals surface area (Å²) in [5.74, 6) is 0.689. The van der Waals surface area contributed by atoms with Gasteiger partial charge in [0.25, 0.3) is 0 Å². The Kier molecular flexibility index (Phi) is 3.62. The van der Waals surface area contributed by atoms with E-state index in [2.05, 4.69) is 10.1 Å². The van der Waals surface area contributed by atoms with Crippen molar-refractivity contribution in [2.24, 2.45) is 0 Å². The van der Waals surface area contributed by atoms with Crippen molar-refractivity contribution in [1.82, 2.24) is 19.7 Å². The second-order valence-electron chi connectivity index (χ2n) is 4.80. The number of carbonyl (C=O) groups is 1. The summed E-state index contributed by atoms with van der Waals surface area (Å²) in [6.45, 7) is 1.46. The molecule has 0 saturated carbocycles. The Balaban J connectivity index is 1.63. The average Bonchev–Trinajstić information content (AvgIpc) is 3.18. The molecule has 1 aliphatic heterocycles. The molecule has 0 bridgehead atoms. The predicted molar refractivity (Wildman–Crippen MR) is 72.6 cm³/mol. The van der Waals surface area contributed by atoms with Crippen molar-refractivity contribution in [1.29, 1.82) is 0 Å². The van der Waals surface area contributed by atoms with E-state index in [0.717, 1.165) is 19.4 Å². The van der Waals surface area contributed by atoms with Gasteiger partial charge in [-0.15, -0.1) is 0 Å². The number of hydrogen-bond donors (Lipinski definition) is 0.